The van der Waals surface area contributed by atoms with E-state index in [1.165, 1.54) is 11.1 Å². The Morgan fingerprint density at radius 2 is 2.37 bits per heavy atom. The fraction of sp³-hybridized carbons (Fsp3) is 0.533. The van der Waals surface area contributed by atoms with Gasteiger partial charge in [-0.15, -0.1) is 0 Å². The number of hydrogen-bond donors (Lipinski definition) is 1. The van der Waals surface area contributed by atoms with Gasteiger partial charge in [0.2, 0.25) is 0 Å². The molecule has 1 N–H and O–H groups in total. The molecule has 1 aromatic carbocycles. The summed E-state index contributed by atoms with van der Waals surface area (Å²) >= 11 is 0. The van der Waals surface area contributed by atoms with Gasteiger partial charge < -0.3 is 10.1 Å². The third-order valence-corrected chi connectivity index (χ3v) is 3.43. The van der Waals surface area contributed by atoms with Crippen molar-refractivity contribution in [2.75, 3.05) is 33.3 Å². The van der Waals surface area contributed by atoms with Crippen molar-refractivity contribution in [2.24, 2.45) is 0 Å². The van der Waals surface area contributed by atoms with E-state index in [1.54, 1.807) is 0 Å². The van der Waals surface area contributed by atoms with Crippen molar-refractivity contribution in [3.63, 3.8) is 0 Å². The second kappa shape index (κ2) is 6.67. The van der Waals surface area contributed by atoms with E-state index in [4.69, 9.17) is 10.00 Å². The molecule has 19 heavy (non-hydrogen) atoms. The highest BCUT2D eigenvalue weighted by Crippen LogP contribution is 2.13. The molecule has 1 aliphatic rings. The molecule has 2 rings (SSSR count). The Labute approximate surface area is 115 Å². The van der Waals surface area contributed by atoms with E-state index in [9.17, 15) is 0 Å². The fourth-order valence-electron chi connectivity index (χ4n) is 2.38. The molecule has 4 nitrogen and oxygen atoms in total. The Balaban J connectivity index is 1.91. The molecular formula is C15H21N3O. The van der Waals surface area contributed by atoms with Gasteiger partial charge in [-0.1, -0.05) is 6.07 Å². The van der Waals surface area contributed by atoms with Crippen LogP contribution in [-0.2, 0) is 11.3 Å². The van der Waals surface area contributed by atoms with Crippen molar-refractivity contribution in [3.8, 4) is 6.07 Å². The number of benzene rings is 1. The van der Waals surface area contributed by atoms with Gasteiger partial charge in [0.25, 0.3) is 0 Å². The van der Waals surface area contributed by atoms with Crippen LogP contribution in [0.5, 0.6) is 0 Å². The molecule has 1 unspecified atom stereocenters. The molecule has 1 aromatic rings. The van der Waals surface area contributed by atoms with Crippen LogP contribution in [-0.4, -0.2) is 44.3 Å². The first kappa shape index (κ1) is 14.0. The van der Waals surface area contributed by atoms with Gasteiger partial charge in [0, 0.05) is 26.2 Å². The Bertz CT molecular complexity index is 461. The van der Waals surface area contributed by atoms with E-state index in [0.717, 1.165) is 38.3 Å². The van der Waals surface area contributed by atoms with E-state index in [0.29, 0.717) is 0 Å². The van der Waals surface area contributed by atoms with Crippen LogP contribution in [0.4, 0.5) is 0 Å². The molecule has 0 saturated carbocycles. The summed E-state index contributed by atoms with van der Waals surface area (Å²) < 4.78 is 5.71. The predicted molar refractivity (Wildman–Crippen MR) is 74.8 cm³/mol. The van der Waals surface area contributed by atoms with Gasteiger partial charge in [-0.2, -0.15) is 5.26 Å². The lowest BCUT2D eigenvalue weighted by Gasteiger charge is -2.28. The smallest absolute Gasteiger partial charge is 0.0991 e. The molecule has 1 fully saturated rings. The number of nitrogens with one attached hydrogen (secondary N) is 1. The second-order valence-electron chi connectivity index (χ2n) is 5.15. The molecule has 0 aliphatic carbocycles. The molecule has 1 aliphatic heterocycles. The van der Waals surface area contributed by atoms with Crippen molar-refractivity contribution in [2.45, 2.75) is 19.6 Å². The molecule has 0 radical (unpaired) electrons. The summed E-state index contributed by atoms with van der Waals surface area (Å²) in [5, 5.41) is 12.2. The third-order valence-electron chi connectivity index (χ3n) is 3.43. The van der Waals surface area contributed by atoms with E-state index < -0.39 is 0 Å². The number of morpholine rings is 1. The zero-order valence-corrected chi connectivity index (χ0v) is 11.6. The standard InChI is InChI=1S/C15H21N3O/c1-12-7-13(8-16)3-4-14(12)10-18(2)11-15-9-17-5-6-19-15/h3-4,7,15,17H,5-6,9-11H2,1-2H3. The summed E-state index contributed by atoms with van der Waals surface area (Å²) in [6, 6.07) is 8.05. The quantitative estimate of drug-likeness (QED) is 0.885. The van der Waals surface area contributed by atoms with E-state index in [1.807, 2.05) is 18.2 Å². The van der Waals surface area contributed by atoms with Gasteiger partial charge in [0.1, 0.15) is 0 Å². The largest absolute Gasteiger partial charge is 0.374 e. The Morgan fingerprint density at radius 1 is 1.53 bits per heavy atom. The lowest BCUT2D eigenvalue weighted by Crippen LogP contribution is -2.44. The Morgan fingerprint density at radius 3 is 3.00 bits per heavy atom. The number of aryl methyl sites for hydroxylation is 1. The van der Waals surface area contributed by atoms with Gasteiger partial charge in [-0.25, -0.2) is 0 Å². The maximum Gasteiger partial charge on any atom is 0.0991 e. The molecular weight excluding hydrogens is 238 g/mol. The lowest BCUT2D eigenvalue weighted by molar-refractivity contribution is 0.00882. The average molecular weight is 259 g/mol. The zero-order valence-electron chi connectivity index (χ0n) is 11.6. The molecule has 4 heteroatoms. The van der Waals surface area contributed by atoms with Crippen LogP contribution >= 0.6 is 0 Å². The van der Waals surface area contributed by atoms with Crippen LogP contribution in [0, 0.1) is 18.3 Å². The molecule has 0 bridgehead atoms. The first-order valence-electron chi connectivity index (χ1n) is 6.69. The highest BCUT2D eigenvalue weighted by molar-refractivity contribution is 5.37. The Kier molecular flexibility index (Phi) is 4.92. The fourth-order valence-corrected chi connectivity index (χ4v) is 2.38. The van der Waals surface area contributed by atoms with Gasteiger partial charge in [0.15, 0.2) is 0 Å². The minimum atomic E-state index is 0.275. The highest BCUT2D eigenvalue weighted by atomic mass is 16.5. The molecule has 1 heterocycles. The summed E-state index contributed by atoms with van der Waals surface area (Å²) in [6.07, 6.45) is 0.275. The lowest BCUT2D eigenvalue weighted by atomic mass is 10.1. The summed E-state index contributed by atoms with van der Waals surface area (Å²) in [6.45, 7) is 6.55. The monoisotopic (exact) mass is 259 g/mol. The maximum absolute atomic E-state index is 8.87. The van der Waals surface area contributed by atoms with Crippen molar-refractivity contribution in [1.29, 1.82) is 5.26 Å². The first-order valence-corrected chi connectivity index (χ1v) is 6.69. The predicted octanol–water partition coefficient (Wildman–Crippen LogP) is 1.29. The first-order chi connectivity index (χ1) is 9.19. The number of likely N-dealkylation sites (N-methyl/N-ethyl adjacent to an activating group) is 1. The molecule has 1 atom stereocenters. The normalized spacial score (nSPS) is 19.4. The summed E-state index contributed by atoms with van der Waals surface area (Å²) in [5.41, 5.74) is 3.17. The van der Waals surface area contributed by atoms with Crippen LogP contribution in [0.3, 0.4) is 0 Å². The number of rotatable bonds is 4. The van der Waals surface area contributed by atoms with Crippen molar-refractivity contribution in [1.82, 2.24) is 10.2 Å². The maximum atomic E-state index is 8.87. The second-order valence-corrected chi connectivity index (χ2v) is 5.15. The van der Waals surface area contributed by atoms with Crippen LogP contribution in [0.25, 0.3) is 0 Å². The highest BCUT2D eigenvalue weighted by Gasteiger charge is 2.15. The van der Waals surface area contributed by atoms with Crippen molar-refractivity contribution >= 4 is 0 Å². The molecule has 1 saturated heterocycles. The summed E-state index contributed by atoms with van der Waals surface area (Å²) in [5.74, 6) is 0. The van der Waals surface area contributed by atoms with Crippen molar-refractivity contribution in [3.05, 3.63) is 34.9 Å². The van der Waals surface area contributed by atoms with Gasteiger partial charge in [-0.05, 0) is 37.2 Å². The number of hydrogen-bond acceptors (Lipinski definition) is 4. The zero-order chi connectivity index (χ0) is 13.7. The van der Waals surface area contributed by atoms with Gasteiger partial charge >= 0.3 is 0 Å². The van der Waals surface area contributed by atoms with Gasteiger partial charge in [0.05, 0.1) is 24.3 Å². The summed E-state index contributed by atoms with van der Waals surface area (Å²) in [4.78, 5) is 2.27. The molecule has 102 valence electrons. The van der Waals surface area contributed by atoms with Crippen LogP contribution in [0.2, 0.25) is 0 Å². The topological polar surface area (TPSA) is 48.3 Å². The third kappa shape index (κ3) is 4.03. The molecule has 0 aromatic heterocycles. The molecule has 0 amide bonds. The summed E-state index contributed by atoms with van der Waals surface area (Å²) in [7, 11) is 2.11. The Hall–Kier alpha value is -1.41. The van der Waals surface area contributed by atoms with Gasteiger partial charge in [-0.3, -0.25) is 4.90 Å². The van der Waals surface area contributed by atoms with E-state index >= 15 is 0 Å². The van der Waals surface area contributed by atoms with Crippen molar-refractivity contribution < 1.29 is 4.74 Å². The average Bonchev–Trinajstić information content (AvgIpc) is 2.42. The molecule has 0 spiro atoms. The minimum absolute atomic E-state index is 0.275. The van der Waals surface area contributed by atoms with Crippen LogP contribution < -0.4 is 5.32 Å². The number of nitriles is 1. The SMILES string of the molecule is Cc1cc(C#N)ccc1CN(C)CC1CNCCO1. The van der Waals surface area contributed by atoms with Crippen LogP contribution in [0.15, 0.2) is 18.2 Å². The van der Waals surface area contributed by atoms with Crippen LogP contribution in [0.1, 0.15) is 16.7 Å². The minimum Gasteiger partial charge on any atom is -0.374 e. The van der Waals surface area contributed by atoms with E-state index in [2.05, 4.69) is 30.3 Å². The number of nitrogens with zero attached hydrogens (tertiary/aromatic N) is 2. The number of ether oxygens (including phenoxy) is 1. The van der Waals surface area contributed by atoms with E-state index in [-0.39, 0.29) is 6.10 Å².